The molecule has 112 valence electrons. The summed E-state index contributed by atoms with van der Waals surface area (Å²) >= 11 is 15.6. The Morgan fingerprint density at radius 2 is 1.95 bits per heavy atom. The lowest BCUT2D eigenvalue weighted by atomic mass is 10.2. The van der Waals surface area contributed by atoms with Crippen molar-refractivity contribution in [2.24, 2.45) is 0 Å². The highest BCUT2D eigenvalue weighted by molar-refractivity contribution is 9.10. The van der Waals surface area contributed by atoms with E-state index < -0.39 is 0 Å². The molecule has 0 amide bonds. The normalized spacial score (nSPS) is 10.7. The third kappa shape index (κ3) is 4.89. The average molecular weight is 389 g/mol. The van der Waals surface area contributed by atoms with E-state index in [9.17, 15) is 0 Å². The molecule has 21 heavy (non-hydrogen) atoms. The molecule has 0 aliphatic rings. The molecular formula is C16H16BrCl2NO. The Morgan fingerprint density at radius 1 is 1.14 bits per heavy atom. The predicted octanol–water partition coefficient (Wildman–Crippen LogP) is 6.05. The molecule has 1 N–H and O–H groups in total. The summed E-state index contributed by atoms with van der Waals surface area (Å²) in [6.07, 6.45) is 1.11. The van der Waals surface area contributed by atoms with Crippen molar-refractivity contribution >= 4 is 39.1 Å². The van der Waals surface area contributed by atoms with Gasteiger partial charge in [-0.2, -0.15) is 0 Å². The highest BCUT2D eigenvalue weighted by Crippen LogP contribution is 2.36. The van der Waals surface area contributed by atoms with E-state index >= 15 is 0 Å². The second-order valence-corrected chi connectivity index (χ2v) is 6.29. The molecule has 0 unspecified atom stereocenters. The zero-order chi connectivity index (χ0) is 15.2. The van der Waals surface area contributed by atoms with Crippen molar-refractivity contribution in [1.29, 1.82) is 0 Å². The molecule has 0 radical (unpaired) electrons. The lowest BCUT2D eigenvalue weighted by molar-refractivity contribution is 0.481. The molecule has 0 atom stereocenters. The lowest BCUT2D eigenvalue weighted by Gasteiger charge is -2.10. The number of nitrogens with one attached hydrogen (secondary N) is 1. The maximum atomic E-state index is 6.17. The summed E-state index contributed by atoms with van der Waals surface area (Å²) in [6.45, 7) is 3.96. The predicted molar refractivity (Wildman–Crippen MR) is 92.7 cm³/mol. The van der Waals surface area contributed by atoms with E-state index in [1.165, 1.54) is 5.56 Å². The molecule has 0 saturated heterocycles. The minimum Gasteiger partial charge on any atom is -0.456 e. The standard InChI is InChI=1S/C16H16BrCl2NO/c1-2-6-20-10-11-4-3-5-12(7-11)21-16-9-14(18)13(17)8-15(16)19/h3-5,7-9,20H,2,6,10H2,1H3. The average Bonchev–Trinajstić information content (AvgIpc) is 2.45. The maximum Gasteiger partial charge on any atom is 0.147 e. The minimum absolute atomic E-state index is 0.515. The number of benzene rings is 2. The number of hydrogen-bond donors (Lipinski definition) is 1. The van der Waals surface area contributed by atoms with Crippen LogP contribution in [-0.2, 0) is 6.54 Å². The zero-order valence-electron chi connectivity index (χ0n) is 11.6. The van der Waals surface area contributed by atoms with Crippen molar-refractivity contribution in [3.05, 3.63) is 56.5 Å². The van der Waals surface area contributed by atoms with Crippen molar-refractivity contribution in [2.45, 2.75) is 19.9 Å². The zero-order valence-corrected chi connectivity index (χ0v) is 14.7. The van der Waals surface area contributed by atoms with Crippen LogP contribution in [0.5, 0.6) is 11.5 Å². The monoisotopic (exact) mass is 387 g/mol. The van der Waals surface area contributed by atoms with Crippen LogP contribution in [0, 0.1) is 0 Å². The van der Waals surface area contributed by atoms with Gasteiger partial charge in [0.05, 0.1) is 10.0 Å². The van der Waals surface area contributed by atoms with Gasteiger partial charge in [0.2, 0.25) is 0 Å². The largest absolute Gasteiger partial charge is 0.456 e. The molecule has 5 heteroatoms. The summed E-state index contributed by atoms with van der Waals surface area (Å²) in [6, 6.07) is 11.4. The van der Waals surface area contributed by atoms with Gasteiger partial charge in [-0.3, -0.25) is 0 Å². The number of ether oxygens (including phenoxy) is 1. The van der Waals surface area contributed by atoms with Gasteiger partial charge in [0, 0.05) is 17.1 Å². The molecule has 2 rings (SSSR count). The van der Waals surface area contributed by atoms with Crippen LogP contribution in [0.2, 0.25) is 10.0 Å². The van der Waals surface area contributed by atoms with E-state index in [2.05, 4.69) is 34.2 Å². The van der Waals surface area contributed by atoms with E-state index in [1.807, 2.05) is 18.2 Å². The molecule has 2 aromatic rings. The quantitative estimate of drug-likeness (QED) is 0.480. The van der Waals surface area contributed by atoms with Crippen LogP contribution in [0.3, 0.4) is 0 Å². The van der Waals surface area contributed by atoms with Crippen molar-refractivity contribution < 1.29 is 4.74 Å². The summed E-state index contributed by atoms with van der Waals surface area (Å²) in [7, 11) is 0. The summed E-state index contributed by atoms with van der Waals surface area (Å²) in [5.74, 6) is 1.29. The number of hydrogen-bond acceptors (Lipinski definition) is 2. The van der Waals surface area contributed by atoms with E-state index in [0.717, 1.165) is 29.7 Å². The van der Waals surface area contributed by atoms with Gasteiger partial charge >= 0.3 is 0 Å². The smallest absolute Gasteiger partial charge is 0.147 e. The molecule has 0 spiro atoms. The second-order valence-electron chi connectivity index (χ2n) is 4.62. The minimum atomic E-state index is 0.515. The van der Waals surface area contributed by atoms with Crippen LogP contribution in [0.1, 0.15) is 18.9 Å². The fourth-order valence-corrected chi connectivity index (χ4v) is 2.67. The topological polar surface area (TPSA) is 21.3 Å². The van der Waals surface area contributed by atoms with Crippen LogP contribution in [0.4, 0.5) is 0 Å². The maximum absolute atomic E-state index is 6.17. The number of rotatable bonds is 6. The molecule has 0 bridgehead atoms. The van der Waals surface area contributed by atoms with Crippen LogP contribution in [0.15, 0.2) is 40.9 Å². The molecule has 0 saturated carbocycles. The first-order valence-corrected chi connectivity index (χ1v) is 8.27. The lowest BCUT2D eigenvalue weighted by Crippen LogP contribution is -2.13. The third-order valence-electron chi connectivity index (χ3n) is 2.86. The molecule has 2 aromatic carbocycles. The van der Waals surface area contributed by atoms with Gasteiger partial charge in [0.15, 0.2) is 0 Å². The first-order chi connectivity index (χ1) is 10.1. The van der Waals surface area contributed by atoms with E-state index in [1.54, 1.807) is 12.1 Å². The third-order valence-corrected chi connectivity index (χ3v) is 4.35. The SMILES string of the molecule is CCCNCc1cccc(Oc2cc(Cl)c(Br)cc2Cl)c1. The second kappa shape index (κ2) is 8.04. The molecular weight excluding hydrogens is 373 g/mol. The molecule has 0 aliphatic carbocycles. The summed E-state index contributed by atoms with van der Waals surface area (Å²) in [5.41, 5.74) is 1.17. The highest BCUT2D eigenvalue weighted by Gasteiger charge is 2.08. The Balaban J connectivity index is 2.12. The van der Waals surface area contributed by atoms with Crippen molar-refractivity contribution in [3.63, 3.8) is 0 Å². The molecule has 0 heterocycles. The van der Waals surface area contributed by atoms with Crippen LogP contribution < -0.4 is 10.1 Å². The Labute approximate surface area is 143 Å². The van der Waals surface area contributed by atoms with Crippen molar-refractivity contribution in [2.75, 3.05) is 6.54 Å². The summed E-state index contributed by atoms with van der Waals surface area (Å²) in [5, 5.41) is 4.44. The van der Waals surface area contributed by atoms with Crippen molar-refractivity contribution in [3.8, 4) is 11.5 Å². The Bertz CT molecular complexity index is 619. The van der Waals surface area contributed by atoms with Gasteiger partial charge in [-0.05, 0) is 52.7 Å². The fourth-order valence-electron chi connectivity index (χ4n) is 1.84. The van der Waals surface area contributed by atoms with E-state index in [-0.39, 0.29) is 0 Å². The molecule has 0 aliphatic heterocycles. The Hall–Kier alpha value is -0.740. The Kier molecular flexibility index (Phi) is 6.37. The Morgan fingerprint density at radius 3 is 2.71 bits per heavy atom. The summed E-state index contributed by atoms with van der Waals surface area (Å²) < 4.78 is 6.58. The first kappa shape index (κ1) is 16.6. The van der Waals surface area contributed by atoms with E-state index in [0.29, 0.717) is 15.8 Å². The molecule has 2 nitrogen and oxygen atoms in total. The van der Waals surface area contributed by atoms with Crippen LogP contribution in [-0.4, -0.2) is 6.54 Å². The van der Waals surface area contributed by atoms with Crippen LogP contribution >= 0.6 is 39.1 Å². The summed E-state index contributed by atoms with van der Waals surface area (Å²) in [4.78, 5) is 0. The fraction of sp³-hybridized carbons (Fsp3) is 0.250. The van der Waals surface area contributed by atoms with Gasteiger partial charge in [-0.15, -0.1) is 0 Å². The van der Waals surface area contributed by atoms with Gasteiger partial charge in [-0.25, -0.2) is 0 Å². The van der Waals surface area contributed by atoms with Gasteiger partial charge in [0.1, 0.15) is 11.5 Å². The van der Waals surface area contributed by atoms with Crippen molar-refractivity contribution in [1.82, 2.24) is 5.32 Å². The van der Waals surface area contributed by atoms with E-state index in [4.69, 9.17) is 27.9 Å². The molecule has 0 aromatic heterocycles. The molecule has 0 fully saturated rings. The van der Waals surface area contributed by atoms with Gasteiger partial charge < -0.3 is 10.1 Å². The first-order valence-electron chi connectivity index (χ1n) is 6.72. The van der Waals surface area contributed by atoms with Gasteiger partial charge in [-0.1, -0.05) is 42.3 Å². The highest BCUT2D eigenvalue weighted by atomic mass is 79.9. The van der Waals surface area contributed by atoms with Gasteiger partial charge in [0.25, 0.3) is 0 Å². The number of halogens is 3. The van der Waals surface area contributed by atoms with Crippen LogP contribution in [0.25, 0.3) is 0 Å².